The van der Waals surface area contributed by atoms with E-state index < -0.39 is 0 Å². The van der Waals surface area contributed by atoms with Crippen molar-refractivity contribution in [3.05, 3.63) is 9.21 Å². The molecule has 3 radical (unpaired) electrons. The summed E-state index contributed by atoms with van der Waals surface area (Å²) >= 11 is 1.31. The third-order valence-corrected chi connectivity index (χ3v) is 3.06. The summed E-state index contributed by atoms with van der Waals surface area (Å²) in [5.74, 6) is 0. The minimum atomic E-state index is 1.31. The van der Waals surface area contributed by atoms with Crippen LogP contribution in [0.25, 0.3) is 0 Å². The van der Waals surface area contributed by atoms with Crippen molar-refractivity contribution in [2.75, 3.05) is 0 Å². The number of hydrogen-bond donors (Lipinski definition) is 0. The van der Waals surface area contributed by atoms with Crippen molar-refractivity contribution in [3.8, 4) is 0 Å². The third-order valence-electron chi connectivity index (χ3n) is 1.29. The van der Waals surface area contributed by atoms with E-state index in [1.54, 1.807) is 3.13 Å². The van der Waals surface area contributed by atoms with Crippen LogP contribution in [0.1, 0.15) is 25.7 Å². The zero-order chi connectivity index (χ0) is 5.11. The Balaban J connectivity index is 2.40. The third kappa shape index (κ3) is 1.93. The molecule has 0 aromatic carbocycles. The number of hydrogen-bond acceptors (Lipinski definition) is 0. The number of rotatable bonds is 0. The van der Waals surface area contributed by atoms with E-state index in [-0.39, 0.29) is 0 Å². The van der Waals surface area contributed by atoms with Crippen molar-refractivity contribution in [2.45, 2.75) is 25.7 Å². The second kappa shape index (κ2) is 2.85. The van der Waals surface area contributed by atoms with Crippen LogP contribution in [0.4, 0.5) is 0 Å². The Morgan fingerprint density at radius 1 is 1.43 bits per heavy atom. The first kappa shape index (κ1) is 5.79. The van der Waals surface area contributed by atoms with Crippen LogP contribution in [0.15, 0.2) is 9.21 Å². The second-order valence-corrected chi connectivity index (χ2v) is 4.47. The van der Waals surface area contributed by atoms with Crippen molar-refractivity contribution in [3.63, 3.8) is 0 Å². The second-order valence-electron chi connectivity index (χ2n) is 1.98. The molecule has 1 aliphatic rings. The Kier molecular flexibility index (Phi) is 2.36. The average Bonchev–Trinajstić information content (AvgIpc) is 1.69. The molecule has 0 heterocycles. The summed E-state index contributed by atoms with van der Waals surface area (Å²) in [7, 11) is 0. The fourth-order valence-corrected chi connectivity index (χ4v) is 2.09. The van der Waals surface area contributed by atoms with E-state index in [4.69, 9.17) is 0 Å². The molecule has 0 nitrogen and oxygen atoms in total. The maximum absolute atomic E-state index is 2.41. The summed E-state index contributed by atoms with van der Waals surface area (Å²) in [6, 6.07) is 0. The van der Waals surface area contributed by atoms with Gasteiger partial charge >= 0.3 is 60.7 Å². The summed E-state index contributed by atoms with van der Waals surface area (Å²) in [6.45, 7) is 0. The van der Waals surface area contributed by atoms with Gasteiger partial charge in [0.2, 0.25) is 0 Å². The van der Waals surface area contributed by atoms with Gasteiger partial charge in [0.05, 0.1) is 0 Å². The first-order valence-electron chi connectivity index (χ1n) is 2.80. The molecule has 0 aliphatic heterocycles. The molecule has 0 fully saturated rings. The molecule has 0 aromatic heterocycles. The van der Waals surface area contributed by atoms with Crippen LogP contribution in [0.5, 0.6) is 0 Å². The maximum atomic E-state index is 2.41. The van der Waals surface area contributed by atoms with Crippen LogP contribution in [-0.2, 0) is 0 Å². The fraction of sp³-hybridized carbons (Fsp3) is 0.667. The van der Waals surface area contributed by atoms with Gasteiger partial charge in [-0.2, -0.15) is 0 Å². The van der Waals surface area contributed by atoms with Crippen LogP contribution in [-0.4, -0.2) is 25.8 Å². The summed E-state index contributed by atoms with van der Waals surface area (Å²) in [5.41, 5.74) is 0. The van der Waals surface area contributed by atoms with Gasteiger partial charge in [-0.3, -0.25) is 0 Å². The van der Waals surface area contributed by atoms with Crippen molar-refractivity contribution < 1.29 is 0 Å². The topological polar surface area (TPSA) is 0 Å². The van der Waals surface area contributed by atoms with E-state index in [2.05, 4.69) is 6.08 Å². The average molecular weight is 288 g/mol. The molecule has 0 spiro atoms. The van der Waals surface area contributed by atoms with E-state index in [9.17, 15) is 0 Å². The van der Waals surface area contributed by atoms with Gasteiger partial charge in [-0.15, -0.1) is 0 Å². The van der Waals surface area contributed by atoms with Crippen molar-refractivity contribution in [1.29, 1.82) is 0 Å². The molecule has 37 valence electrons. The first-order valence-corrected chi connectivity index (χ1v) is 4.74. The Morgan fingerprint density at radius 2 is 2.29 bits per heavy atom. The van der Waals surface area contributed by atoms with E-state index in [0.717, 1.165) is 0 Å². The molecular weight excluding hydrogens is 279 g/mol. The molecular formula is C6H9Pb. The normalized spacial score (nSPS) is 21.6. The standard InChI is InChI=1S/C6H9.Pb/c1-2-4-6-5-3-1;/h1H,2,4-6H2;. The zero-order valence-corrected chi connectivity index (χ0v) is 8.29. The minimum absolute atomic E-state index is 1.31. The van der Waals surface area contributed by atoms with Crippen LogP contribution < -0.4 is 0 Å². The Morgan fingerprint density at radius 3 is 2.57 bits per heavy atom. The van der Waals surface area contributed by atoms with Gasteiger partial charge in [-0.25, -0.2) is 0 Å². The SMILES string of the molecule is [Pb][C]1=CCCCC1. The molecule has 0 saturated carbocycles. The summed E-state index contributed by atoms with van der Waals surface area (Å²) in [6.07, 6.45) is 8.07. The fourth-order valence-electron chi connectivity index (χ4n) is 0.838. The molecule has 0 saturated heterocycles. The van der Waals surface area contributed by atoms with Gasteiger partial charge < -0.3 is 0 Å². The van der Waals surface area contributed by atoms with Crippen LogP contribution in [0, 0.1) is 0 Å². The molecule has 0 unspecified atom stereocenters. The molecule has 0 N–H and O–H groups in total. The van der Waals surface area contributed by atoms with Gasteiger partial charge in [0.15, 0.2) is 0 Å². The molecule has 1 heteroatoms. The van der Waals surface area contributed by atoms with E-state index in [1.807, 2.05) is 0 Å². The van der Waals surface area contributed by atoms with Crippen LogP contribution >= 0.6 is 0 Å². The number of allylic oxidation sites excluding steroid dienone is 2. The monoisotopic (exact) mass is 289 g/mol. The molecule has 0 aromatic rings. The quantitative estimate of drug-likeness (QED) is 0.594. The van der Waals surface area contributed by atoms with Gasteiger partial charge in [-0.1, -0.05) is 0 Å². The van der Waals surface area contributed by atoms with E-state index in [1.165, 1.54) is 51.5 Å². The molecule has 7 heavy (non-hydrogen) atoms. The Hall–Kier alpha value is 0.662. The van der Waals surface area contributed by atoms with Gasteiger partial charge in [0, 0.05) is 0 Å². The van der Waals surface area contributed by atoms with Crippen molar-refractivity contribution in [1.82, 2.24) is 0 Å². The summed E-state index contributed by atoms with van der Waals surface area (Å²) in [4.78, 5) is 0. The first-order chi connectivity index (χ1) is 3.39. The molecule has 0 bridgehead atoms. The van der Waals surface area contributed by atoms with Gasteiger partial charge in [-0.05, 0) is 0 Å². The molecule has 0 amide bonds. The van der Waals surface area contributed by atoms with Crippen LogP contribution in [0.3, 0.4) is 0 Å². The van der Waals surface area contributed by atoms with Crippen molar-refractivity contribution in [2.24, 2.45) is 0 Å². The van der Waals surface area contributed by atoms with Crippen LogP contribution in [0.2, 0.25) is 0 Å². The summed E-state index contributed by atoms with van der Waals surface area (Å²) in [5, 5.41) is 0. The molecule has 1 aliphatic carbocycles. The van der Waals surface area contributed by atoms with E-state index >= 15 is 0 Å². The Labute approximate surface area is 60.7 Å². The predicted octanol–water partition coefficient (Wildman–Crippen LogP) is 1.61. The van der Waals surface area contributed by atoms with Crippen molar-refractivity contribution >= 4 is 25.8 Å². The van der Waals surface area contributed by atoms with Gasteiger partial charge in [0.25, 0.3) is 0 Å². The predicted molar refractivity (Wildman–Crippen MR) is 32.3 cm³/mol. The Bertz CT molecular complexity index is 84.2. The van der Waals surface area contributed by atoms with Gasteiger partial charge in [0.1, 0.15) is 0 Å². The molecule has 1 rings (SSSR count). The van der Waals surface area contributed by atoms with E-state index in [0.29, 0.717) is 0 Å². The molecule has 0 atom stereocenters. The summed E-state index contributed by atoms with van der Waals surface area (Å²) < 4.78 is 1.73. The zero-order valence-electron chi connectivity index (χ0n) is 4.41.